The van der Waals surface area contributed by atoms with Crippen LogP contribution in [0.2, 0.25) is 0 Å². The topological polar surface area (TPSA) is 59.4 Å². The Morgan fingerprint density at radius 1 is 1.27 bits per heavy atom. The minimum Gasteiger partial charge on any atom is -0.449 e. The monoisotopic (exact) mass is 225 g/mol. The van der Waals surface area contributed by atoms with Gasteiger partial charge in [0.25, 0.3) is 0 Å². The molecule has 0 unspecified atom stereocenters. The minimum atomic E-state index is -1.35. The van der Waals surface area contributed by atoms with Gasteiger partial charge < -0.3 is 9.84 Å². The Balaban J connectivity index is 0.00000112. The summed E-state index contributed by atoms with van der Waals surface area (Å²) in [4.78, 5) is 14.2. The van der Waals surface area contributed by atoms with Gasteiger partial charge in [0.15, 0.2) is 0 Å². The van der Waals surface area contributed by atoms with Crippen LogP contribution in [0.3, 0.4) is 0 Å². The number of hydrogen-bond donors (Lipinski definition) is 1. The SMILES string of the molecule is Cl.O=C(O)Oc1cc2cccccc-2n1. The summed E-state index contributed by atoms with van der Waals surface area (Å²) >= 11 is 0. The quantitative estimate of drug-likeness (QED) is 0.758. The third kappa shape index (κ3) is 2.57. The zero-order valence-electron chi connectivity index (χ0n) is 7.58. The molecule has 0 saturated heterocycles. The summed E-state index contributed by atoms with van der Waals surface area (Å²) in [6.07, 6.45) is -1.35. The Labute approximate surface area is 92.3 Å². The molecule has 1 aliphatic carbocycles. The van der Waals surface area contributed by atoms with Gasteiger partial charge in [-0.15, -0.1) is 12.4 Å². The number of hydrogen-bond acceptors (Lipinski definition) is 3. The second-order valence-corrected chi connectivity index (χ2v) is 2.71. The Morgan fingerprint density at radius 2 is 2.00 bits per heavy atom. The summed E-state index contributed by atoms with van der Waals surface area (Å²) in [5.74, 6) is 0.110. The van der Waals surface area contributed by atoms with Gasteiger partial charge in [-0.05, 0) is 6.07 Å². The number of rotatable bonds is 1. The molecule has 0 spiro atoms. The van der Waals surface area contributed by atoms with Gasteiger partial charge in [-0.2, -0.15) is 0 Å². The van der Waals surface area contributed by atoms with E-state index in [4.69, 9.17) is 5.11 Å². The maximum atomic E-state index is 10.2. The smallest absolute Gasteiger partial charge is 0.449 e. The van der Waals surface area contributed by atoms with Crippen molar-refractivity contribution >= 4 is 18.6 Å². The van der Waals surface area contributed by atoms with E-state index < -0.39 is 6.16 Å². The van der Waals surface area contributed by atoms with Crippen LogP contribution in [0.15, 0.2) is 36.4 Å². The average Bonchev–Trinajstić information content (AvgIpc) is 2.34. The van der Waals surface area contributed by atoms with Crippen molar-refractivity contribution in [1.29, 1.82) is 0 Å². The number of carbonyl (C=O) groups is 1. The Morgan fingerprint density at radius 3 is 2.73 bits per heavy atom. The highest BCUT2D eigenvalue weighted by atomic mass is 35.5. The summed E-state index contributed by atoms with van der Waals surface area (Å²) in [7, 11) is 0. The molecule has 4 nitrogen and oxygen atoms in total. The van der Waals surface area contributed by atoms with Crippen molar-refractivity contribution in [3.05, 3.63) is 36.4 Å². The van der Waals surface area contributed by atoms with Gasteiger partial charge in [0, 0.05) is 11.6 Å². The van der Waals surface area contributed by atoms with Crippen LogP contribution >= 0.6 is 12.4 Å². The largest absolute Gasteiger partial charge is 0.512 e. The molecule has 0 saturated carbocycles. The molecule has 0 amide bonds. The summed E-state index contributed by atoms with van der Waals surface area (Å²) in [5, 5.41) is 8.38. The molecule has 1 aliphatic heterocycles. The lowest BCUT2D eigenvalue weighted by Gasteiger charge is -1.89. The first-order valence-electron chi connectivity index (χ1n) is 4.02. The molecule has 5 heteroatoms. The molecular weight excluding hydrogens is 218 g/mol. The third-order valence-electron chi connectivity index (χ3n) is 1.75. The molecule has 0 aromatic carbocycles. The predicted molar refractivity (Wildman–Crippen MR) is 56.8 cm³/mol. The van der Waals surface area contributed by atoms with Crippen molar-refractivity contribution < 1.29 is 14.6 Å². The fourth-order valence-corrected chi connectivity index (χ4v) is 1.20. The molecule has 2 rings (SSSR count). The second kappa shape index (κ2) is 4.61. The maximum absolute atomic E-state index is 10.2. The molecule has 15 heavy (non-hydrogen) atoms. The van der Waals surface area contributed by atoms with Gasteiger partial charge in [0.05, 0.1) is 5.69 Å². The molecule has 1 N–H and O–H groups in total. The van der Waals surface area contributed by atoms with Gasteiger partial charge in [-0.25, -0.2) is 9.78 Å². The van der Waals surface area contributed by atoms with Crippen molar-refractivity contribution in [2.24, 2.45) is 0 Å². The third-order valence-corrected chi connectivity index (χ3v) is 1.75. The fourth-order valence-electron chi connectivity index (χ4n) is 1.20. The van der Waals surface area contributed by atoms with Gasteiger partial charge >= 0.3 is 6.16 Å². The van der Waals surface area contributed by atoms with E-state index in [9.17, 15) is 4.79 Å². The zero-order chi connectivity index (χ0) is 9.97. The molecule has 0 fully saturated rings. The van der Waals surface area contributed by atoms with Crippen LogP contribution in [0.1, 0.15) is 0 Å². The lowest BCUT2D eigenvalue weighted by atomic mass is 10.2. The molecule has 2 aliphatic rings. The first kappa shape index (κ1) is 11.3. The van der Waals surface area contributed by atoms with Crippen molar-refractivity contribution in [2.45, 2.75) is 0 Å². The van der Waals surface area contributed by atoms with Crippen LogP contribution in [-0.4, -0.2) is 16.2 Å². The summed E-state index contributed by atoms with van der Waals surface area (Å²) in [5.41, 5.74) is 1.57. The van der Waals surface area contributed by atoms with Gasteiger partial charge in [-0.1, -0.05) is 24.3 Å². The van der Waals surface area contributed by atoms with E-state index in [1.54, 1.807) is 12.1 Å². The highest BCUT2D eigenvalue weighted by Crippen LogP contribution is 2.25. The number of carboxylic acid groups (broad SMARTS) is 1. The number of fused-ring (bicyclic) bond motifs is 1. The highest BCUT2D eigenvalue weighted by Gasteiger charge is 2.09. The van der Waals surface area contributed by atoms with Gasteiger partial charge in [-0.3, -0.25) is 0 Å². The molecule has 1 heterocycles. The summed E-state index contributed by atoms with van der Waals surface area (Å²) < 4.78 is 4.44. The van der Waals surface area contributed by atoms with E-state index in [1.807, 2.05) is 24.3 Å². The van der Waals surface area contributed by atoms with Crippen LogP contribution in [-0.2, 0) is 0 Å². The Bertz CT molecular complexity index is 416. The molecular formula is C10H8ClNO3. The van der Waals surface area contributed by atoms with Gasteiger partial charge in [0.2, 0.25) is 5.88 Å². The standard InChI is InChI=1S/C10H7NO3.ClH/c12-10(13)14-9-6-7-4-2-1-3-5-8(7)11-9;/h1-6H,(H,12,13);1H. The van der Waals surface area contributed by atoms with Crippen LogP contribution in [0.25, 0.3) is 11.3 Å². The second-order valence-electron chi connectivity index (χ2n) is 2.71. The van der Waals surface area contributed by atoms with E-state index in [-0.39, 0.29) is 18.3 Å². The van der Waals surface area contributed by atoms with Gasteiger partial charge in [0.1, 0.15) is 0 Å². The van der Waals surface area contributed by atoms with Crippen LogP contribution in [0, 0.1) is 0 Å². The zero-order valence-corrected chi connectivity index (χ0v) is 8.40. The van der Waals surface area contributed by atoms with E-state index in [0.717, 1.165) is 5.56 Å². The molecule has 0 bridgehead atoms. The van der Waals surface area contributed by atoms with Crippen LogP contribution in [0.5, 0.6) is 5.88 Å². The molecule has 0 radical (unpaired) electrons. The summed E-state index contributed by atoms with van der Waals surface area (Å²) in [6.45, 7) is 0. The first-order valence-corrected chi connectivity index (χ1v) is 4.02. The van der Waals surface area contributed by atoms with E-state index in [2.05, 4.69) is 9.72 Å². The van der Waals surface area contributed by atoms with Crippen LogP contribution in [0.4, 0.5) is 4.79 Å². The lowest BCUT2D eigenvalue weighted by molar-refractivity contribution is 0.143. The Hall–Kier alpha value is -1.81. The number of aromatic nitrogens is 1. The van der Waals surface area contributed by atoms with Crippen molar-refractivity contribution in [3.8, 4) is 17.1 Å². The number of ether oxygens (including phenoxy) is 1. The van der Waals surface area contributed by atoms with Crippen LogP contribution < -0.4 is 4.74 Å². The van der Waals surface area contributed by atoms with E-state index in [1.165, 1.54) is 0 Å². The Kier molecular flexibility index (Phi) is 3.46. The van der Waals surface area contributed by atoms with E-state index >= 15 is 0 Å². The normalized spacial score (nSPS) is 9.33. The van der Waals surface area contributed by atoms with Crippen molar-refractivity contribution in [2.75, 3.05) is 0 Å². The van der Waals surface area contributed by atoms with Crippen molar-refractivity contribution in [1.82, 2.24) is 4.98 Å². The maximum Gasteiger partial charge on any atom is 0.512 e. The molecule has 0 aromatic heterocycles. The molecule has 0 atom stereocenters. The molecule has 0 aromatic rings. The predicted octanol–water partition coefficient (Wildman–Crippen LogP) is 2.67. The molecule has 78 valence electrons. The fraction of sp³-hybridized carbons (Fsp3) is 0. The first-order chi connectivity index (χ1) is 6.75. The number of halogens is 1. The highest BCUT2D eigenvalue weighted by molar-refractivity contribution is 5.85. The summed E-state index contributed by atoms with van der Waals surface area (Å²) in [6, 6.07) is 10.8. The number of nitrogens with zero attached hydrogens (tertiary/aromatic N) is 1. The minimum absolute atomic E-state index is 0. The lowest BCUT2D eigenvalue weighted by Crippen LogP contribution is -2.02. The van der Waals surface area contributed by atoms with E-state index in [0.29, 0.717) is 5.69 Å². The average molecular weight is 226 g/mol. The van der Waals surface area contributed by atoms with Crippen molar-refractivity contribution in [3.63, 3.8) is 0 Å².